The van der Waals surface area contributed by atoms with Gasteiger partial charge in [0.25, 0.3) is 0 Å². The molecule has 3 heteroatoms. The van der Waals surface area contributed by atoms with Gasteiger partial charge in [-0.1, -0.05) is 109 Å². The van der Waals surface area contributed by atoms with Crippen molar-refractivity contribution in [3.63, 3.8) is 0 Å². The predicted octanol–water partition coefficient (Wildman–Crippen LogP) is 12.4. The van der Waals surface area contributed by atoms with E-state index in [1.807, 2.05) is 6.07 Å². The molecule has 0 N–H and O–H groups in total. The summed E-state index contributed by atoms with van der Waals surface area (Å²) in [5.74, 6) is 0. The van der Waals surface area contributed by atoms with Gasteiger partial charge in [0.2, 0.25) is 0 Å². The highest BCUT2D eigenvalue weighted by Crippen LogP contribution is 2.42. The molecule has 0 saturated heterocycles. The Morgan fingerprint density at radius 1 is 0.362 bits per heavy atom. The van der Waals surface area contributed by atoms with Crippen molar-refractivity contribution in [2.45, 2.75) is 0 Å². The molecule has 0 radical (unpaired) electrons. The number of aromatic nitrogens is 1. The van der Waals surface area contributed by atoms with E-state index in [0.29, 0.717) is 0 Å². The predicted molar refractivity (Wildman–Crippen MR) is 194 cm³/mol. The minimum Gasteiger partial charge on any atom is -0.456 e. The maximum Gasteiger partial charge on any atom is 0.161 e. The number of rotatable bonds is 4. The number of benzene rings is 7. The van der Waals surface area contributed by atoms with Crippen molar-refractivity contribution in [1.82, 2.24) is 4.57 Å². The molecule has 0 saturated carbocycles. The molecule has 3 aromatic heterocycles. The Morgan fingerprint density at radius 3 is 1.66 bits per heavy atom. The van der Waals surface area contributed by atoms with Crippen LogP contribution < -0.4 is 0 Å². The number of nitrogens with zero attached hydrogens (tertiary/aromatic N) is 1. The van der Waals surface area contributed by atoms with E-state index in [1.54, 1.807) is 0 Å². The van der Waals surface area contributed by atoms with E-state index in [9.17, 15) is 0 Å². The highest BCUT2D eigenvalue weighted by atomic mass is 16.3. The molecule has 3 heterocycles. The van der Waals surface area contributed by atoms with Gasteiger partial charge in [0.05, 0.1) is 5.52 Å². The number of para-hydroxylation sites is 3. The number of furan rings is 2. The van der Waals surface area contributed by atoms with Gasteiger partial charge >= 0.3 is 0 Å². The molecule has 220 valence electrons. The summed E-state index contributed by atoms with van der Waals surface area (Å²) >= 11 is 0. The zero-order chi connectivity index (χ0) is 30.9. The summed E-state index contributed by atoms with van der Waals surface area (Å²) in [5, 5.41) is 4.48. The first kappa shape index (κ1) is 26.0. The molecule has 3 nitrogen and oxygen atoms in total. The second kappa shape index (κ2) is 10.1. The molecule has 10 aromatic rings. The summed E-state index contributed by atoms with van der Waals surface area (Å²) in [6.07, 6.45) is 0. The van der Waals surface area contributed by atoms with Gasteiger partial charge in [-0.15, -0.1) is 0 Å². The molecule has 47 heavy (non-hydrogen) atoms. The molecule has 0 spiro atoms. The first-order valence-electron chi connectivity index (χ1n) is 15.9. The standard InChI is InChI=1S/C44H27NO2/c1-3-10-28(11-4-1)31-22-24-35-36-25-23-32(27-41(36)46-40(35)26-31)29-18-20-30(21-19-29)34-15-9-16-38-42-44(47-43(34)38)37-14-7-8-17-39(37)45(42)33-12-5-2-6-13-33/h1-27H. The molecule has 0 aliphatic rings. The van der Waals surface area contributed by atoms with Gasteiger partial charge in [0, 0.05) is 32.8 Å². The summed E-state index contributed by atoms with van der Waals surface area (Å²) in [5.41, 5.74) is 13.8. The van der Waals surface area contributed by atoms with E-state index in [4.69, 9.17) is 8.83 Å². The van der Waals surface area contributed by atoms with Gasteiger partial charge in [-0.2, -0.15) is 0 Å². The van der Waals surface area contributed by atoms with E-state index in [1.165, 1.54) is 5.56 Å². The van der Waals surface area contributed by atoms with Crippen molar-refractivity contribution in [2.24, 2.45) is 0 Å². The lowest BCUT2D eigenvalue weighted by Gasteiger charge is -2.08. The topological polar surface area (TPSA) is 31.2 Å². The van der Waals surface area contributed by atoms with Crippen LogP contribution in [0.15, 0.2) is 173 Å². The fourth-order valence-corrected chi connectivity index (χ4v) is 7.17. The van der Waals surface area contributed by atoms with Gasteiger partial charge in [-0.25, -0.2) is 0 Å². The summed E-state index contributed by atoms with van der Waals surface area (Å²) in [4.78, 5) is 0. The molecule has 0 unspecified atom stereocenters. The van der Waals surface area contributed by atoms with E-state index in [2.05, 4.69) is 162 Å². The Labute approximate surface area is 270 Å². The molecular weight excluding hydrogens is 574 g/mol. The lowest BCUT2D eigenvalue weighted by Crippen LogP contribution is -1.92. The van der Waals surface area contributed by atoms with Gasteiger partial charge in [0.15, 0.2) is 5.58 Å². The quantitative estimate of drug-likeness (QED) is 0.201. The van der Waals surface area contributed by atoms with Crippen LogP contribution in [0.2, 0.25) is 0 Å². The number of fused-ring (bicyclic) bond motifs is 8. The summed E-state index contributed by atoms with van der Waals surface area (Å²) in [7, 11) is 0. The molecule has 10 rings (SSSR count). The smallest absolute Gasteiger partial charge is 0.161 e. The molecule has 0 bridgehead atoms. The molecule has 0 aliphatic carbocycles. The van der Waals surface area contributed by atoms with Crippen LogP contribution in [-0.2, 0) is 0 Å². The maximum absolute atomic E-state index is 6.75. The Balaban J connectivity index is 1.05. The number of hydrogen-bond acceptors (Lipinski definition) is 2. The molecule has 7 aromatic carbocycles. The Bertz CT molecular complexity index is 2760. The Hall–Kier alpha value is -6.32. The van der Waals surface area contributed by atoms with Crippen molar-refractivity contribution < 1.29 is 8.83 Å². The molecule has 0 amide bonds. The van der Waals surface area contributed by atoms with Crippen LogP contribution in [0.5, 0.6) is 0 Å². The van der Waals surface area contributed by atoms with Crippen LogP contribution in [0.4, 0.5) is 0 Å². The summed E-state index contributed by atoms with van der Waals surface area (Å²) in [6.45, 7) is 0. The van der Waals surface area contributed by atoms with Crippen molar-refractivity contribution in [3.05, 3.63) is 164 Å². The fourth-order valence-electron chi connectivity index (χ4n) is 7.17. The van der Waals surface area contributed by atoms with E-state index >= 15 is 0 Å². The molecule has 0 aliphatic heterocycles. The third kappa shape index (κ3) is 4.00. The number of hydrogen-bond donors (Lipinski definition) is 0. The highest BCUT2D eigenvalue weighted by Gasteiger charge is 2.21. The highest BCUT2D eigenvalue weighted by molar-refractivity contribution is 6.18. The van der Waals surface area contributed by atoms with Crippen molar-refractivity contribution in [3.8, 4) is 39.1 Å². The third-order valence-electron chi connectivity index (χ3n) is 9.43. The van der Waals surface area contributed by atoms with Gasteiger partial charge in [-0.05, 0) is 82.4 Å². The zero-order valence-electron chi connectivity index (χ0n) is 25.4. The Kier molecular flexibility index (Phi) is 5.57. The normalized spacial score (nSPS) is 11.8. The molecule has 0 fully saturated rings. The minimum absolute atomic E-state index is 0.893. The second-order valence-electron chi connectivity index (χ2n) is 12.1. The first-order chi connectivity index (χ1) is 23.3. The average Bonchev–Trinajstić information content (AvgIpc) is 3.80. The van der Waals surface area contributed by atoms with Crippen LogP contribution in [0.3, 0.4) is 0 Å². The van der Waals surface area contributed by atoms with Crippen LogP contribution in [0.1, 0.15) is 0 Å². The van der Waals surface area contributed by atoms with Crippen LogP contribution in [0, 0.1) is 0 Å². The van der Waals surface area contributed by atoms with Crippen LogP contribution >= 0.6 is 0 Å². The Morgan fingerprint density at radius 2 is 0.936 bits per heavy atom. The maximum atomic E-state index is 6.75. The van der Waals surface area contributed by atoms with Crippen molar-refractivity contribution >= 4 is 54.9 Å². The van der Waals surface area contributed by atoms with Gasteiger partial charge in [-0.3, -0.25) is 0 Å². The SMILES string of the molecule is c1ccc(-c2ccc3c(c2)oc2cc(-c4ccc(-c5cccc6c5oc5c7ccccc7n(-c7ccccc7)c65)cc4)ccc23)cc1. The first-order valence-corrected chi connectivity index (χ1v) is 15.9. The van der Waals surface area contributed by atoms with E-state index in [0.717, 1.165) is 88.4 Å². The van der Waals surface area contributed by atoms with E-state index < -0.39 is 0 Å². The lowest BCUT2D eigenvalue weighted by atomic mass is 9.98. The monoisotopic (exact) mass is 601 g/mol. The zero-order valence-corrected chi connectivity index (χ0v) is 25.4. The fraction of sp³-hybridized carbons (Fsp3) is 0. The minimum atomic E-state index is 0.893. The van der Waals surface area contributed by atoms with Gasteiger partial charge in [0.1, 0.15) is 22.3 Å². The molecule has 0 atom stereocenters. The van der Waals surface area contributed by atoms with Crippen LogP contribution in [0.25, 0.3) is 94.0 Å². The van der Waals surface area contributed by atoms with Crippen molar-refractivity contribution in [2.75, 3.05) is 0 Å². The average molecular weight is 602 g/mol. The largest absolute Gasteiger partial charge is 0.456 e. The van der Waals surface area contributed by atoms with Crippen molar-refractivity contribution in [1.29, 1.82) is 0 Å². The van der Waals surface area contributed by atoms with Gasteiger partial charge < -0.3 is 13.4 Å². The van der Waals surface area contributed by atoms with E-state index in [-0.39, 0.29) is 0 Å². The lowest BCUT2D eigenvalue weighted by molar-refractivity contribution is 0.669. The summed E-state index contributed by atoms with van der Waals surface area (Å²) < 4.78 is 15.5. The van der Waals surface area contributed by atoms with Crippen LogP contribution in [-0.4, -0.2) is 4.57 Å². The third-order valence-corrected chi connectivity index (χ3v) is 9.43. The molecular formula is C44H27NO2. The second-order valence-corrected chi connectivity index (χ2v) is 12.1. The summed E-state index contributed by atoms with van der Waals surface area (Å²) in [6, 6.07) is 57.6.